The molecular formula is C11H15ClN2. The summed E-state index contributed by atoms with van der Waals surface area (Å²) in [5, 5.41) is 3.99. The van der Waals surface area contributed by atoms with Crippen molar-refractivity contribution in [3.8, 4) is 0 Å². The molecular weight excluding hydrogens is 196 g/mol. The van der Waals surface area contributed by atoms with Crippen molar-refractivity contribution in [3.05, 3.63) is 23.4 Å². The Labute approximate surface area is 89.7 Å². The molecule has 1 saturated carbocycles. The molecule has 1 unspecified atom stereocenters. The van der Waals surface area contributed by atoms with E-state index >= 15 is 0 Å². The van der Waals surface area contributed by atoms with Gasteiger partial charge in [0, 0.05) is 12.7 Å². The normalized spacial score (nSPS) is 23.2. The van der Waals surface area contributed by atoms with Crippen LogP contribution in [-0.2, 0) is 0 Å². The van der Waals surface area contributed by atoms with Gasteiger partial charge in [0.2, 0.25) is 0 Å². The zero-order chi connectivity index (χ0) is 10.2. The summed E-state index contributed by atoms with van der Waals surface area (Å²) < 4.78 is 0. The molecule has 1 atom stereocenters. The highest BCUT2D eigenvalue weighted by molar-refractivity contribution is 6.32. The molecule has 1 heterocycles. The van der Waals surface area contributed by atoms with Crippen molar-refractivity contribution in [2.24, 2.45) is 11.3 Å². The Morgan fingerprint density at radius 2 is 2.36 bits per heavy atom. The second-order valence-corrected chi connectivity index (χ2v) is 5.01. The summed E-state index contributed by atoms with van der Waals surface area (Å²) in [6.45, 7) is 5.56. The zero-order valence-corrected chi connectivity index (χ0v) is 9.30. The third-order valence-electron chi connectivity index (χ3n) is 2.99. The molecule has 1 aromatic heterocycles. The third kappa shape index (κ3) is 2.01. The van der Waals surface area contributed by atoms with Gasteiger partial charge >= 0.3 is 0 Å². The van der Waals surface area contributed by atoms with Crippen molar-refractivity contribution >= 4 is 17.4 Å². The average Bonchev–Trinajstić information content (AvgIpc) is 2.73. The van der Waals surface area contributed by atoms with Gasteiger partial charge in [0.1, 0.15) is 5.82 Å². The fraction of sp³-hybridized carbons (Fsp3) is 0.545. The van der Waals surface area contributed by atoms with Crippen LogP contribution in [0.1, 0.15) is 20.3 Å². The highest BCUT2D eigenvalue weighted by atomic mass is 35.5. The minimum atomic E-state index is 0.508. The molecule has 1 fully saturated rings. The standard InChI is InChI=1S/C11H15ClN2/c1-11(2)6-8(11)7-14-10-9(12)4-3-5-13-10/h3-5,8H,6-7H2,1-2H3,(H,13,14). The number of halogens is 1. The van der Waals surface area contributed by atoms with Crippen molar-refractivity contribution in [3.63, 3.8) is 0 Å². The van der Waals surface area contributed by atoms with E-state index < -0.39 is 0 Å². The van der Waals surface area contributed by atoms with Gasteiger partial charge in [-0.25, -0.2) is 4.98 Å². The van der Waals surface area contributed by atoms with E-state index in [-0.39, 0.29) is 0 Å². The number of nitrogens with one attached hydrogen (secondary N) is 1. The third-order valence-corrected chi connectivity index (χ3v) is 3.30. The van der Waals surface area contributed by atoms with Gasteiger partial charge in [-0.1, -0.05) is 25.4 Å². The molecule has 0 radical (unpaired) electrons. The van der Waals surface area contributed by atoms with E-state index in [1.54, 1.807) is 6.20 Å². The molecule has 2 rings (SSSR count). The summed E-state index contributed by atoms with van der Waals surface area (Å²) in [5.74, 6) is 1.57. The monoisotopic (exact) mass is 210 g/mol. The molecule has 0 bridgehead atoms. The summed E-state index contributed by atoms with van der Waals surface area (Å²) in [6.07, 6.45) is 3.05. The lowest BCUT2D eigenvalue weighted by Crippen LogP contribution is -2.08. The fourth-order valence-corrected chi connectivity index (χ4v) is 1.85. The minimum absolute atomic E-state index is 0.508. The second kappa shape index (κ2) is 3.43. The first-order valence-electron chi connectivity index (χ1n) is 4.94. The predicted octanol–water partition coefficient (Wildman–Crippen LogP) is 3.19. The van der Waals surface area contributed by atoms with E-state index in [9.17, 15) is 0 Å². The Kier molecular flexibility index (Phi) is 2.40. The maximum absolute atomic E-state index is 5.97. The van der Waals surface area contributed by atoms with Crippen LogP contribution in [0.15, 0.2) is 18.3 Å². The molecule has 0 saturated heterocycles. The lowest BCUT2D eigenvalue weighted by molar-refractivity contribution is 0.573. The van der Waals surface area contributed by atoms with Crippen LogP contribution in [0.5, 0.6) is 0 Å². The lowest BCUT2D eigenvalue weighted by atomic mass is 10.1. The Hall–Kier alpha value is -0.760. The number of hydrogen-bond acceptors (Lipinski definition) is 2. The average molecular weight is 211 g/mol. The van der Waals surface area contributed by atoms with Crippen molar-refractivity contribution < 1.29 is 0 Å². The predicted molar refractivity (Wildman–Crippen MR) is 59.6 cm³/mol. The Morgan fingerprint density at radius 1 is 1.64 bits per heavy atom. The van der Waals surface area contributed by atoms with Gasteiger partial charge in [-0.3, -0.25) is 0 Å². The summed E-state index contributed by atoms with van der Waals surface area (Å²) in [7, 11) is 0. The molecule has 3 heteroatoms. The molecule has 1 aliphatic carbocycles. The van der Waals surface area contributed by atoms with Crippen molar-refractivity contribution in [1.82, 2.24) is 4.98 Å². The van der Waals surface area contributed by atoms with Crippen LogP contribution in [0.2, 0.25) is 5.02 Å². The molecule has 14 heavy (non-hydrogen) atoms. The van der Waals surface area contributed by atoms with Crippen LogP contribution < -0.4 is 5.32 Å². The molecule has 76 valence electrons. The van der Waals surface area contributed by atoms with Crippen molar-refractivity contribution in [2.75, 3.05) is 11.9 Å². The molecule has 1 aliphatic rings. The van der Waals surface area contributed by atoms with E-state index in [4.69, 9.17) is 11.6 Å². The van der Waals surface area contributed by atoms with E-state index in [0.717, 1.165) is 18.3 Å². The number of anilines is 1. The minimum Gasteiger partial charge on any atom is -0.369 e. The second-order valence-electron chi connectivity index (χ2n) is 4.60. The number of hydrogen-bond donors (Lipinski definition) is 1. The highest BCUT2D eigenvalue weighted by Gasteiger charge is 2.45. The van der Waals surface area contributed by atoms with Gasteiger partial charge in [0.25, 0.3) is 0 Å². The summed E-state index contributed by atoms with van der Waals surface area (Å²) in [4.78, 5) is 4.18. The number of pyridine rings is 1. The first kappa shape index (κ1) is 9.78. The Balaban J connectivity index is 1.90. The van der Waals surface area contributed by atoms with Gasteiger partial charge in [0.15, 0.2) is 0 Å². The van der Waals surface area contributed by atoms with Gasteiger partial charge < -0.3 is 5.32 Å². The van der Waals surface area contributed by atoms with Crippen LogP contribution in [0.3, 0.4) is 0 Å². The van der Waals surface area contributed by atoms with E-state index in [0.29, 0.717) is 10.4 Å². The highest BCUT2D eigenvalue weighted by Crippen LogP contribution is 2.51. The molecule has 2 nitrogen and oxygen atoms in total. The summed E-state index contributed by atoms with van der Waals surface area (Å²) in [5.41, 5.74) is 0.508. The molecule has 0 amide bonds. The number of aromatic nitrogens is 1. The fourth-order valence-electron chi connectivity index (χ4n) is 1.66. The lowest BCUT2D eigenvalue weighted by Gasteiger charge is -2.07. The van der Waals surface area contributed by atoms with Crippen molar-refractivity contribution in [1.29, 1.82) is 0 Å². The van der Waals surface area contributed by atoms with E-state index in [1.165, 1.54) is 6.42 Å². The van der Waals surface area contributed by atoms with Gasteiger partial charge in [0.05, 0.1) is 5.02 Å². The number of nitrogens with zero attached hydrogens (tertiary/aromatic N) is 1. The van der Waals surface area contributed by atoms with Gasteiger partial charge in [-0.2, -0.15) is 0 Å². The quantitative estimate of drug-likeness (QED) is 0.829. The van der Waals surface area contributed by atoms with Crippen LogP contribution in [0, 0.1) is 11.3 Å². The Bertz CT molecular complexity index is 336. The Morgan fingerprint density at radius 3 is 2.93 bits per heavy atom. The van der Waals surface area contributed by atoms with Crippen LogP contribution >= 0.6 is 11.6 Å². The molecule has 1 N–H and O–H groups in total. The maximum Gasteiger partial charge on any atom is 0.144 e. The number of rotatable bonds is 3. The van der Waals surface area contributed by atoms with E-state index in [2.05, 4.69) is 24.1 Å². The first-order valence-corrected chi connectivity index (χ1v) is 5.32. The molecule has 0 spiro atoms. The van der Waals surface area contributed by atoms with Gasteiger partial charge in [-0.05, 0) is 29.9 Å². The van der Waals surface area contributed by atoms with Crippen LogP contribution in [-0.4, -0.2) is 11.5 Å². The summed E-state index contributed by atoms with van der Waals surface area (Å²) in [6, 6.07) is 3.70. The van der Waals surface area contributed by atoms with Crippen LogP contribution in [0.25, 0.3) is 0 Å². The molecule has 1 aromatic rings. The maximum atomic E-state index is 5.97. The smallest absolute Gasteiger partial charge is 0.144 e. The van der Waals surface area contributed by atoms with Gasteiger partial charge in [-0.15, -0.1) is 0 Å². The zero-order valence-electron chi connectivity index (χ0n) is 8.55. The first-order chi connectivity index (χ1) is 6.59. The van der Waals surface area contributed by atoms with E-state index in [1.807, 2.05) is 12.1 Å². The largest absolute Gasteiger partial charge is 0.369 e. The summed E-state index contributed by atoms with van der Waals surface area (Å²) >= 11 is 5.97. The van der Waals surface area contributed by atoms with Crippen LogP contribution in [0.4, 0.5) is 5.82 Å². The topological polar surface area (TPSA) is 24.9 Å². The molecule has 0 aromatic carbocycles. The molecule has 0 aliphatic heterocycles. The SMILES string of the molecule is CC1(C)CC1CNc1ncccc1Cl. The van der Waals surface area contributed by atoms with Crippen molar-refractivity contribution in [2.45, 2.75) is 20.3 Å².